The van der Waals surface area contributed by atoms with Crippen LogP contribution in [0.2, 0.25) is 0 Å². The van der Waals surface area contributed by atoms with Crippen LogP contribution in [0.15, 0.2) is 22.8 Å². The molecule has 4 nitrogen and oxygen atoms in total. The lowest BCUT2D eigenvalue weighted by Gasteiger charge is -2.63. The maximum absolute atomic E-state index is 12.7. The summed E-state index contributed by atoms with van der Waals surface area (Å²) in [7, 11) is 0. The third kappa shape index (κ3) is 2.99. The summed E-state index contributed by atoms with van der Waals surface area (Å²) in [6, 6.07) is 0. The molecule has 0 spiro atoms. The maximum atomic E-state index is 12.7. The largest absolute Gasteiger partial charge is 0.465 e. The third-order valence-electron chi connectivity index (χ3n) is 9.97. The van der Waals surface area contributed by atoms with Crippen LogP contribution < -0.4 is 0 Å². The van der Waals surface area contributed by atoms with Crippen LogP contribution in [0.3, 0.4) is 0 Å². The van der Waals surface area contributed by atoms with E-state index in [2.05, 4.69) is 33.8 Å². The normalized spacial score (nSPS) is 43.1. The Labute approximate surface area is 186 Å². The highest BCUT2D eigenvalue weighted by Crippen LogP contribution is 2.68. The minimum Gasteiger partial charge on any atom is -0.465 e. The minimum atomic E-state index is -0.189. The van der Waals surface area contributed by atoms with E-state index in [9.17, 15) is 9.59 Å². The van der Waals surface area contributed by atoms with Gasteiger partial charge in [-0.1, -0.05) is 45.8 Å². The molecule has 5 rings (SSSR count). The minimum absolute atomic E-state index is 0.0728. The molecule has 0 radical (unpaired) electrons. The smallest absolute Gasteiger partial charge is 0.334 e. The van der Waals surface area contributed by atoms with Crippen LogP contribution >= 0.6 is 0 Å². The lowest BCUT2D eigenvalue weighted by molar-refractivity contribution is -0.147. The number of carbonyl (C=O) groups is 2. The lowest BCUT2D eigenvalue weighted by atomic mass is 9.41. The number of rotatable bonds is 2. The van der Waals surface area contributed by atoms with Crippen LogP contribution in [-0.4, -0.2) is 25.2 Å². The summed E-state index contributed by atoms with van der Waals surface area (Å²) >= 11 is 0. The topological polar surface area (TPSA) is 52.6 Å². The quantitative estimate of drug-likeness (QED) is 0.425. The van der Waals surface area contributed by atoms with Gasteiger partial charge in [-0.25, -0.2) is 4.79 Å². The predicted molar refractivity (Wildman–Crippen MR) is 119 cm³/mol. The molecule has 2 fully saturated rings. The molecule has 0 unspecified atom stereocenters. The van der Waals surface area contributed by atoms with Gasteiger partial charge in [0.2, 0.25) is 0 Å². The molecule has 5 aliphatic rings. The summed E-state index contributed by atoms with van der Waals surface area (Å²) in [5, 5.41) is 0. The number of fused-ring (bicyclic) bond motifs is 6. The van der Waals surface area contributed by atoms with Crippen LogP contribution in [-0.2, 0) is 19.1 Å². The van der Waals surface area contributed by atoms with Crippen LogP contribution in [0.4, 0.5) is 0 Å². The van der Waals surface area contributed by atoms with E-state index in [1.807, 2.05) is 0 Å². The Morgan fingerprint density at radius 2 is 1.90 bits per heavy atom. The Hall–Kier alpha value is -1.58. The van der Waals surface area contributed by atoms with E-state index < -0.39 is 0 Å². The highest BCUT2D eigenvalue weighted by atomic mass is 16.5. The van der Waals surface area contributed by atoms with Crippen molar-refractivity contribution in [2.75, 3.05) is 13.2 Å². The average Bonchev–Trinajstić information content (AvgIpc) is 3.07. The zero-order valence-electron chi connectivity index (χ0n) is 19.9. The number of ether oxygens (including phenoxy) is 2. The van der Waals surface area contributed by atoms with E-state index in [1.165, 1.54) is 31.8 Å². The van der Waals surface area contributed by atoms with Gasteiger partial charge in [0, 0.05) is 23.8 Å². The van der Waals surface area contributed by atoms with Gasteiger partial charge in [0.05, 0.1) is 6.61 Å². The molecule has 0 aromatic heterocycles. The molecule has 4 heteroatoms. The van der Waals surface area contributed by atoms with Crippen LogP contribution in [0.25, 0.3) is 0 Å². The van der Waals surface area contributed by atoms with E-state index in [4.69, 9.17) is 9.47 Å². The van der Waals surface area contributed by atoms with Crippen molar-refractivity contribution in [1.29, 1.82) is 0 Å². The molecular weight excluding hydrogens is 388 g/mol. The zero-order chi connectivity index (χ0) is 22.2. The van der Waals surface area contributed by atoms with Crippen LogP contribution in [0.1, 0.15) is 79.6 Å². The number of hydrogen-bond acceptors (Lipinski definition) is 4. The monoisotopic (exact) mass is 426 g/mol. The van der Waals surface area contributed by atoms with Crippen molar-refractivity contribution >= 4 is 11.9 Å². The number of hydrogen-bond donors (Lipinski definition) is 0. The van der Waals surface area contributed by atoms with Gasteiger partial charge in [-0.2, -0.15) is 0 Å². The van der Waals surface area contributed by atoms with Crippen molar-refractivity contribution in [3.63, 3.8) is 0 Å². The standard InChI is InChI=1S/C27H38O4/c1-16(28)30-15-18-13-19-20-8-7-17-14-31-24(29)22(17)26(20,4)12-9-21(19)27(5)11-6-10-25(2,3)23(18)27/h13,18,20-21,23H,6-12,14-15H2,1-5H3/t18-,20-,21-,23-,26-,27+/m0/s1. The van der Waals surface area contributed by atoms with Gasteiger partial charge in [0.1, 0.15) is 6.61 Å². The van der Waals surface area contributed by atoms with Crippen molar-refractivity contribution in [3.05, 3.63) is 22.8 Å². The van der Waals surface area contributed by atoms with Crippen LogP contribution in [0, 0.1) is 39.9 Å². The third-order valence-corrected chi connectivity index (χ3v) is 9.97. The van der Waals surface area contributed by atoms with E-state index in [0.29, 0.717) is 31.0 Å². The summed E-state index contributed by atoms with van der Waals surface area (Å²) in [6.07, 6.45) is 10.6. The molecule has 170 valence electrons. The van der Waals surface area contributed by atoms with Crippen molar-refractivity contribution in [3.8, 4) is 0 Å². The summed E-state index contributed by atoms with van der Waals surface area (Å²) < 4.78 is 11.1. The number of esters is 2. The molecule has 1 aliphatic heterocycles. The second-order valence-corrected chi connectivity index (χ2v) is 12.1. The molecule has 0 amide bonds. The van der Waals surface area contributed by atoms with Gasteiger partial charge in [-0.15, -0.1) is 0 Å². The summed E-state index contributed by atoms with van der Waals surface area (Å²) in [5.41, 5.74) is 4.16. The highest BCUT2D eigenvalue weighted by Gasteiger charge is 2.61. The molecule has 0 aromatic rings. The van der Waals surface area contributed by atoms with Gasteiger partial charge < -0.3 is 9.47 Å². The van der Waals surface area contributed by atoms with E-state index in [0.717, 1.165) is 31.3 Å². The summed E-state index contributed by atoms with van der Waals surface area (Å²) in [6.45, 7) is 12.2. The van der Waals surface area contributed by atoms with E-state index in [1.54, 1.807) is 5.57 Å². The van der Waals surface area contributed by atoms with Crippen molar-refractivity contribution in [1.82, 2.24) is 0 Å². The fraction of sp³-hybridized carbons (Fsp3) is 0.778. The molecular formula is C27H38O4. The van der Waals surface area contributed by atoms with E-state index >= 15 is 0 Å². The maximum Gasteiger partial charge on any atom is 0.334 e. The molecule has 0 bridgehead atoms. The molecule has 4 aliphatic carbocycles. The van der Waals surface area contributed by atoms with Gasteiger partial charge in [0.15, 0.2) is 0 Å². The molecule has 0 N–H and O–H groups in total. The predicted octanol–water partition coefficient (Wildman–Crippen LogP) is 5.62. The Morgan fingerprint density at radius 1 is 1.13 bits per heavy atom. The lowest BCUT2D eigenvalue weighted by Crippen LogP contribution is -2.56. The number of cyclic esters (lactones) is 1. The second-order valence-electron chi connectivity index (χ2n) is 12.1. The first-order valence-corrected chi connectivity index (χ1v) is 12.3. The molecule has 2 saturated carbocycles. The SMILES string of the molecule is CC(=O)OC[C@@H]1C=C2[C@H](CC[C@]3(C)C4=C(CC[C@@H]23)COC4=O)[C@@]2(C)CCCC(C)(C)[C@H]12. The Bertz CT molecular complexity index is 880. The van der Waals surface area contributed by atoms with Crippen molar-refractivity contribution in [2.45, 2.75) is 79.6 Å². The fourth-order valence-electron chi connectivity index (χ4n) is 9.01. The molecule has 31 heavy (non-hydrogen) atoms. The molecule has 0 saturated heterocycles. The number of carbonyl (C=O) groups excluding carboxylic acids is 2. The van der Waals surface area contributed by atoms with Gasteiger partial charge in [0.25, 0.3) is 0 Å². The first-order valence-electron chi connectivity index (χ1n) is 12.3. The van der Waals surface area contributed by atoms with Crippen molar-refractivity contribution < 1.29 is 19.1 Å². The number of allylic oxidation sites excluding steroid dienone is 1. The van der Waals surface area contributed by atoms with Gasteiger partial charge >= 0.3 is 11.9 Å². The molecule has 0 aromatic carbocycles. The second kappa shape index (κ2) is 6.96. The fourth-order valence-corrected chi connectivity index (χ4v) is 9.01. The van der Waals surface area contributed by atoms with Crippen molar-refractivity contribution in [2.24, 2.45) is 39.9 Å². The average molecular weight is 427 g/mol. The van der Waals surface area contributed by atoms with Gasteiger partial charge in [-0.3, -0.25) is 4.79 Å². The Morgan fingerprint density at radius 3 is 2.65 bits per heavy atom. The molecule has 6 atom stereocenters. The Balaban J connectivity index is 1.60. The first-order chi connectivity index (χ1) is 14.6. The zero-order valence-corrected chi connectivity index (χ0v) is 19.9. The molecule has 1 heterocycles. The van der Waals surface area contributed by atoms with Gasteiger partial charge in [-0.05, 0) is 72.7 Å². The van der Waals surface area contributed by atoms with Crippen LogP contribution in [0.5, 0.6) is 0 Å². The van der Waals surface area contributed by atoms with E-state index in [-0.39, 0.29) is 34.1 Å². The highest BCUT2D eigenvalue weighted by molar-refractivity contribution is 5.93. The Kier molecular flexibility index (Phi) is 4.77. The first kappa shape index (κ1) is 21.3. The summed E-state index contributed by atoms with van der Waals surface area (Å²) in [5.74, 6) is 1.48. The summed E-state index contributed by atoms with van der Waals surface area (Å²) in [4.78, 5) is 24.4.